The second-order valence-electron chi connectivity index (χ2n) is 7.92. The molecule has 1 saturated heterocycles. The fraction of sp³-hybridized carbons (Fsp3) is 0.208. The van der Waals surface area contributed by atoms with Gasteiger partial charge in [-0.15, -0.1) is 0 Å². The number of pyridine rings is 2. The quantitative estimate of drug-likeness (QED) is 0.419. The first kappa shape index (κ1) is 20.8. The number of nitrogens with two attached hydrogens (primary N) is 1. The predicted octanol–water partition coefficient (Wildman–Crippen LogP) is 5.70. The Bertz CT molecular complexity index is 1280. The van der Waals surface area contributed by atoms with Gasteiger partial charge < -0.3 is 10.6 Å². The van der Waals surface area contributed by atoms with Crippen molar-refractivity contribution in [3.05, 3.63) is 65.0 Å². The van der Waals surface area contributed by atoms with E-state index < -0.39 is 0 Å². The largest absolute Gasteiger partial charge is 0.383 e. The van der Waals surface area contributed by atoms with Crippen molar-refractivity contribution in [1.29, 1.82) is 0 Å². The first-order valence-electron chi connectivity index (χ1n) is 10.5. The Balaban J connectivity index is 1.56. The minimum Gasteiger partial charge on any atom is -0.383 e. The van der Waals surface area contributed by atoms with Crippen LogP contribution >= 0.6 is 23.2 Å². The second kappa shape index (κ2) is 8.45. The maximum Gasteiger partial charge on any atom is 0.132 e. The first-order valence-corrected chi connectivity index (χ1v) is 11.2. The summed E-state index contributed by atoms with van der Waals surface area (Å²) < 4.78 is 1.74. The lowest BCUT2D eigenvalue weighted by atomic mass is 10.00. The molecular weight excluding hydrogens is 443 g/mol. The van der Waals surface area contributed by atoms with Crippen LogP contribution in [0.3, 0.4) is 0 Å². The average Bonchev–Trinajstić information content (AvgIpc) is 3.46. The average molecular weight is 465 g/mol. The lowest BCUT2D eigenvalue weighted by molar-refractivity contribution is 0.771. The first-order chi connectivity index (χ1) is 15.5. The van der Waals surface area contributed by atoms with Crippen molar-refractivity contribution in [2.75, 3.05) is 23.7 Å². The van der Waals surface area contributed by atoms with E-state index >= 15 is 0 Å². The molecular formula is C24H22Cl2N6. The molecule has 5 rings (SSSR count). The molecule has 4 heterocycles. The maximum atomic E-state index is 6.50. The fourth-order valence-electron chi connectivity index (χ4n) is 4.11. The van der Waals surface area contributed by atoms with Crippen LogP contribution in [0.1, 0.15) is 12.8 Å². The highest BCUT2D eigenvalue weighted by atomic mass is 35.5. The molecule has 0 unspecified atom stereocenters. The van der Waals surface area contributed by atoms with Crippen molar-refractivity contribution < 1.29 is 0 Å². The standard InChI is InChI=1S/C24H22Cl2N6/c1-31-14-19(17-5-4-6-20(25)22(17)26)23(30-31)18-11-16(13-29-24(18)27)15-7-8-21(28-12-15)32-9-2-3-10-32/h4-8,11-14H,2-3,9-10H2,1H3,(H2,27,29). The molecule has 0 saturated carbocycles. The van der Waals surface area contributed by atoms with Gasteiger partial charge in [-0.2, -0.15) is 5.10 Å². The Hall–Kier alpha value is -3.09. The number of anilines is 2. The molecule has 32 heavy (non-hydrogen) atoms. The highest BCUT2D eigenvalue weighted by molar-refractivity contribution is 6.43. The summed E-state index contributed by atoms with van der Waals surface area (Å²) in [7, 11) is 1.86. The zero-order valence-electron chi connectivity index (χ0n) is 17.6. The van der Waals surface area contributed by atoms with Crippen LogP contribution in [0.4, 0.5) is 11.6 Å². The van der Waals surface area contributed by atoms with Crippen molar-refractivity contribution in [2.24, 2.45) is 7.05 Å². The molecule has 0 atom stereocenters. The molecule has 0 aliphatic carbocycles. The molecule has 1 aromatic carbocycles. The van der Waals surface area contributed by atoms with E-state index in [1.807, 2.05) is 37.6 Å². The summed E-state index contributed by atoms with van der Waals surface area (Å²) in [6.07, 6.45) is 8.00. The lowest BCUT2D eigenvalue weighted by Crippen LogP contribution is -2.18. The Morgan fingerprint density at radius 3 is 2.44 bits per heavy atom. The molecule has 6 nitrogen and oxygen atoms in total. The van der Waals surface area contributed by atoms with Crippen LogP contribution in [-0.4, -0.2) is 32.8 Å². The number of hydrogen-bond donors (Lipinski definition) is 1. The Labute approximate surface area is 196 Å². The normalized spacial score (nSPS) is 13.7. The van der Waals surface area contributed by atoms with Gasteiger partial charge in [0.05, 0.1) is 10.0 Å². The number of rotatable bonds is 4. The van der Waals surface area contributed by atoms with Gasteiger partial charge >= 0.3 is 0 Å². The van der Waals surface area contributed by atoms with E-state index in [2.05, 4.69) is 32.1 Å². The minimum absolute atomic E-state index is 0.397. The van der Waals surface area contributed by atoms with Gasteiger partial charge in [-0.05, 0) is 37.1 Å². The molecule has 8 heteroatoms. The van der Waals surface area contributed by atoms with E-state index in [1.54, 1.807) is 16.9 Å². The molecule has 1 aliphatic heterocycles. The van der Waals surface area contributed by atoms with E-state index in [-0.39, 0.29) is 0 Å². The topological polar surface area (TPSA) is 72.9 Å². The zero-order chi connectivity index (χ0) is 22.2. The molecule has 1 aliphatic rings. The monoisotopic (exact) mass is 464 g/mol. The predicted molar refractivity (Wildman–Crippen MR) is 131 cm³/mol. The smallest absolute Gasteiger partial charge is 0.132 e. The van der Waals surface area contributed by atoms with Gasteiger partial charge in [0.2, 0.25) is 0 Å². The highest BCUT2D eigenvalue weighted by Gasteiger charge is 2.19. The maximum absolute atomic E-state index is 6.50. The van der Waals surface area contributed by atoms with Gasteiger partial charge in [-0.1, -0.05) is 35.3 Å². The van der Waals surface area contributed by atoms with Crippen molar-refractivity contribution >= 4 is 34.8 Å². The third-order valence-corrected chi connectivity index (χ3v) is 6.57. The molecule has 1 fully saturated rings. The lowest BCUT2D eigenvalue weighted by Gasteiger charge is -2.16. The van der Waals surface area contributed by atoms with Gasteiger partial charge in [0.1, 0.15) is 17.3 Å². The number of nitrogens with zero attached hydrogens (tertiary/aromatic N) is 5. The molecule has 0 spiro atoms. The highest BCUT2D eigenvalue weighted by Crippen LogP contribution is 2.40. The van der Waals surface area contributed by atoms with E-state index in [0.717, 1.165) is 46.7 Å². The van der Waals surface area contributed by atoms with Crippen molar-refractivity contribution in [3.63, 3.8) is 0 Å². The van der Waals surface area contributed by atoms with E-state index in [1.165, 1.54) is 12.8 Å². The summed E-state index contributed by atoms with van der Waals surface area (Å²) in [4.78, 5) is 11.4. The third kappa shape index (κ3) is 3.80. The molecule has 3 aromatic heterocycles. The molecule has 0 bridgehead atoms. The van der Waals surface area contributed by atoms with Gasteiger partial charge in [0, 0.05) is 66.5 Å². The molecule has 0 amide bonds. The van der Waals surface area contributed by atoms with Gasteiger partial charge in [-0.3, -0.25) is 4.68 Å². The molecule has 162 valence electrons. The molecule has 2 N–H and O–H groups in total. The van der Waals surface area contributed by atoms with E-state index in [9.17, 15) is 0 Å². The molecule has 0 radical (unpaired) electrons. The van der Waals surface area contributed by atoms with Crippen molar-refractivity contribution in [1.82, 2.24) is 19.7 Å². The summed E-state index contributed by atoms with van der Waals surface area (Å²) in [5, 5.41) is 5.63. The summed E-state index contributed by atoms with van der Waals surface area (Å²) in [5.41, 5.74) is 11.3. The van der Waals surface area contributed by atoms with Crippen LogP contribution in [0.15, 0.2) is 55.0 Å². The number of halogens is 2. The fourth-order valence-corrected chi connectivity index (χ4v) is 4.51. The van der Waals surface area contributed by atoms with Crippen LogP contribution in [0, 0.1) is 0 Å². The zero-order valence-corrected chi connectivity index (χ0v) is 19.1. The number of hydrogen-bond acceptors (Lipinski definition) is 5. The summed E-state index contributed by atoms with van der Waals surface area (Å²) in [6, 6.07) is 11.7. The van der Waals surface area contributed by atoms with Crippen LogP contribution < -0.4 is 10.6 Å². The van der Waals surface area contributed by atoms with Crippen LogP contribution in [0.2, 0.25) is 10.0 Å². The van der Waals surface area contributed by atoms with Crippen LogP contribution in [-0.2, 0) is 7.05 Å². The summed E-state index contributed by atoms with van der Waals surface area (Å²) in [5.74, 6) is 1.41. The van der Waals surface area contributed by atoms with E-state index in [0.29, 0.717) is 21.6 Å². The van der Waals surface area contributed by atoms with Gasteiger partial charge in [-0.25, -0.2) is 9.97 Å². The van der Waals surface area contributed by atoms with Gasteiger partial charge in [0.15, 0.2) is 0 Å². The summed E-state index contributed by atoms with van der Waals surface area (Å²) >= 11 is 12.8. The summed E-state index contributed by atoms with van der Waals surface area (Å²) in [6.45, 7) is 2.13. The van der Waals surface area contributed by atoms with Crippen LogP contribution in [0.5, 0.6) is 0 Å². The number of nitrogen functional groups attached to an aromatic ring is 1. The van der Waals surface area contributed by atoms with Crippen LogP contribution in [0.25, 0.3) is 33.5 Å². The minimum atomic E-state index is 0.397. The SMILES string of the molecule is Cn1cc(-c2cccc(Cl)c2Cl)c(-c2cc(-c3ccc(N4CCCC4)nc3)cnc2N)n1. The number of aromatic nitrogens is 4. The molecule has 4 aromatic rings. The second-order valence-corrected chi connectivity index (χ2v) is 8.71. The number of benzene rings is 1. The van der Waals surface area contributed by atoms with Gasteiger partial charge in [0.25, 0.3) is 0 Å². The van der Waals surface area contributed by atoms with Crippen molar-refractivity contribution in [3.8, 4) is 33.5 Å². The Morgan fingerprint density at radius 2 is 1.69 bits per heavy atom. The van der Waals surface area contributed by atoms with Crippen molar-refractivity contribution in [2.45, 2.75) is 12.8 Å². The van der Waals surface area contributed by atoms with E-state index in [4.69, 9.17) is 28.9 Å². The third-order valence-electron chi connectivity index (χ3n) is 5.76. The Kier molecular flexibility index (Phi) is 5.49. The Morgan fingerprint density at radius 1 is 0.906 bits per heavy atom. The number of aryl methyl sites for hydroxylation is 1.